The fraction of sp³-hybridized carbons (Fsp3) is 0.333. The maximum absolute atomic E-state index is 12.1. The molecule has 0 aliphatic carbocycles. The first-order chi connectivity index (χ1) is 8.99. The second-order valence-electron chi connectivity index (χ2n) is 5.04. The third-order valence-corrected chi connectivity index (χ3v) is 3.21. The van der Waals surface area contributed by atoms with Crippen LogP contribution in [0.4, 0.5) is 5.69 Å². The Hall–Kier alpha value is -2.10. The number of rotatable bonds is 3. The van der Waals surface area contributed by atoms with E-state index in [4.69, 9.17) is 0 Å². The molecule has 1 heterocycles. The van der Waals surface area contributed by atoms with Crippen LogP contribution in [-0.2, 0) is 0 Å². The minimum atomic E-state index is -0.108. The van der Waals surface area contributed by atoms with Gasteiger partial charge in [0.25, 0.3) is 5.91 Å². The van der Waals surface area contributed by atoms with E-state index in [1.807, 2.05) is 38.1 Å². The molecule has 1 aromatic heterocycles. The third kappa shape index (κ3) is 2.84. The molecule has 2 rings (SSSR count). The number of carbonyl (C=O) groups excluding carboxylic acids is 1. The van der Waals surface area contributed by atoms with Crippen molar-refractivity contribution in [3.63, 3.8) is 0 Å². The predicted molar refractivity (Wildman–Crippen MR) is 76.5 cm³/mol. The topological polar surface area (TPSA) is 57.8 Å². The van der Waals surface area contributed by atoms with Gasteiger partial charge in [-0.3, -0.25) is 9.89 Å². The summed E-state index contributed by atoms with van der Waals surface area (Å²) in [7, 11) is 0. The number of aromatic amines is 1. The van der Waals surface area contributed by atoms with Crippen molar-refractivity contribution in [3.8, 4) is 0 Å². The Balaban J connectivity index is 2.16. The zero-order valence-corrected chi connectivity index (χ0v) is 11.7. The van der Waals surface area contributed by atoms with Crippen molar-refractivity contribution in [3.05, 3.63) is 46.8 Å². The second kappa shape index (κ2) is 5.26. The maximum Gasteiger partial charge on any atom is 0.255 e. The smallest absolute Gasteiger partial charge is 0.255 e. The van der Waals surface area contributed by atoms with Gasteiger partial charge in [0.1, 0.15) is 0 Å². The van der Waals surface area contributed by atoms with E-state index in [2.05, 4.69) is 29.4 Å². The highest BCUT2D eigenvalue weighted by Crippen LogP contribution is 2.18. The van der Waals surface area contributed by atoms with Crippen LogP contribution in [0.15, 0.2) is 24.3 Å². The van der Waals surface area contributed by atoms with E-state index < -0.39 is 0 Å². The van der Waals surface area contributed by atoms with Crippen LogP contribution in [0.5, 0.6) is 0 Å². The van der Waals surface area contributed by atoms with Crippen molar-refractivity contribution in [2.24, 2.45) is 0 Å². The lowest BCUT2D eigenvalue weighted by atomic mass is 10.0. The van der Waals surface area contributed by atoms with Crippen molar-refractivity contribution in [2.75, 3.05) is 5.32 Å². The molecular weight excluding hydrogens is 238 g/mol. The van der Waals surface area contributed by atoms with Gasteiger partial charge in [-0.1, -0.05) is 26.0 Å². The summed E-state index contributed by atoms with van der Waals surface area (Å²) in [6.45, 7) is 8.01. The molecule has 100 valence electrons. The van der Waals surface area contributed by atoms with Crippen molar-refractivity contribution in [2.45, 2.75) is 33.6 Å². The largest absolute Gasteiger partial charge is 0.319 e. The van der Waals surface area contributed by atoms with Gasteiger partial charge in [-0.2, -0.15) is 5.10 Å². The van der Waals surface area contributed by atoms with Crippen molar-refractivity contribution in [1.82, 2.24) is 10.2 Å². The zero-order valence-electron chi connectivity index (χ0n) is 11.7. The summed E-state index contributed by atoms with van der Waals surface area (Å²) < 4.78 is 0. The highest BCUT2D eigenvalue weighted by Gasteiger charge is 2.12. The quantitative estimate of drug-likeness (QED) is 0.885. The summed E-state index contributed by atoms with van der Waals surface area (Å²) in [6, 6.07) is 7.70. The number of nitrogens with zero attached hydrogens (tertiary/aromatic N) is 1. The Morgan fingerprint density at radius 3 is 2.32 bits per heavy atom. The standard InChI is InChI=1S/C15H19N3O/c1-9(2)12-5-7-13(8-6-12)15(19)16-14-10(3)17-18-11(14)4/h5-9H,1-4H3,(H,16,19)(H,17,18). The number of benzene rings is 1. The summed E-state index contributed by atoms with van der Waals surface area (Å²) in [5.74, 6) is 0.360. The average Bonchev–Trinajstić information content (AvgIpc) is 2.70. The van der Waals surface area contributed by atoms with Gasteiger partial charge >= 0.3 is 0 Å². The van der Waals surface area contributed by atoms with Crippen LogP contribution in [-0.4, -0.2) is 16.1 Å². The molecule has 0 radical (unpaired) electrons. The molecule has 4 nitrogen and oxygen atoms in total. The molecule has 2 aromatic rings. The monoisotopic (exact) mass is 257 g/mol. The first kappa shape index (κ1) is 13.3. The Morgan fingerprint density at radius 2 is 1.84 bits per heavy atom. The van der Waals surface area contributed by atoms with Crippen LogP contribution in [0.2, 0.25) is 0 Å². The third-order valence-electron chi connectivity index (χ3n) is 3.21. The van der Waals surface area contributed by atoms with E-state index in [0.717, 1.165) is 17.1 Å². The number of nitrogens with one attached hydrogen (secondary N) is 2. The second-order valence-corrected chi connectivity index (χ2v) is 5.04. The predicted octanol–water partition coefficient (Wildman–Crippen LogP) is 3.40. The average molecular weight is 257 g/mol. The molecule has 0 aliphatic rings. The van der Waals surface area contributed by atoms with Gasteiger partial charge in [-0.25, -0.2) is 0 Å². The van der Waals surface area contributed by atoms with Crippen LogP contribution in [0.1, 0.15) is 47.1 Å². The molecule has 0 unspecified atom stereocenters. The summed E-state index contributed by atoms with van der Waals surface area (Å²) >= 11 is 0. The van der Waals surface area contributed by atoms with Gasteiger partial charge in [0, 0.05) is 5.56 Å². The van der Waals surface area contributed by atoms with E-state index >= 15 is 0 Å². The van der Waals surface area contributed by atoms with Crippen molar-refractivity contribution < 1.29 is 4.79 Å². The number of hydrogen-bond acceptors (Lipinski definition) is 2. The minimum absolute atomic E-state index is 0.108. The van der Waals surface area contributed by atoms with E-state index in [9.17, 15) is 4.79 Å². The van der Waals surface area contributed by atoms with Gasteiger partial charge in [-0.15, -0.1) is 0 Å². The molecule has 0 saturated heterocycles. The van der Waals surface area contributed by atoms with Crippen LogP contribution in [0, 0.1) is 13.8 Å². The van der Waals surface area contributed by atoms with E-state index in [0.29, 0.717) is 11.5 Å². The van der Waals surface area contributed by atoms with Crippen LogP contribution in [0.3, 0.4) is 0 Å². The van der Waals surface area contributed by atoms with Crippen LogP contribution < -0.4 is 5.32 Å². The van der Waals surface area contributed by atoms with Crippen LogP contribution in [0.25, 0.3) is 0 Å². The molecule has 19 heavy (non-hydrogen) atoms. The fourth-order valence-electron chi connectivity index (χ4n) is 1.94. The molecule has 0 spiro atoms. The Morgan fingerprint density at radius 1 is 1.21 bits per heavy atom. The van der Waals surface area contributed by atoms with E-state index in [1.165, 1.54) is 5.56 Å². The first-order valence-electron chi connectivity index (χ1n) is 6.42. The number of H-pyrrole nitrogens is 1. The number of aromatic nitrogens is 2. The van der Waals surface area contributed by atoms with Gasteiger partial charge in [-0.05, 0) is 37.5 Å². The summed E-state index contributed by atoms with van der Waals surface area (Å²) in [6.07, 6.45) is 0. The molecule has 0 fully saturated rings. The lowest BCUT2D eigenvalue weighted by molar-refractivity contribution is 0.102. The van der Waals surface area contributed by atoms with Gasteiger partial charge < -0.3 is 5.32 Å². The highest BCUT2D eigenvalue weighted by molar-refractivity contribution is 6.04. The van der Waals surface area contributed by atoms with Gasteiger partial charge in [0.05, 0.1) is 17.1 Å². The highest BCUT2D eigenvalue weighted by atomic mass is 16.1. The number of hydrogen-bond donors (Lipinski definition) is 2. The summed E-state index contributed by atoms with van der Waals surface area (Å²) in [5.41, 5.74) is 4.31. The Labute approximate surface area is 113 Å². The number of carbonyl (C=O) groups is 1. The normalized spacial score (nSPS) is 10.8. The maximum atomic E-state index is 12.1. The van der Waals surface area contributed by atoms with E-state index in [-0.39, 0.29) is 5.91 Å². The number of anilines is 1. The van der Waals surface area contributed by atoms with Gasteiger partial charge in [0.2, 0.25) is 0 Å². The number of amides is 1. The first-order valence-corrected chi connectivity index (χ1v) is 6.42. The number of aryl methyl sites for hydroxylation is 2. The van der Waals surface area contributed by atoms with Crippen molar-refractivity contribution in [1.29, 1.82) is 0 Å². The molecule has 1 aromatic carbocycles. The fourth-order valence-corrected chi connectivity index (χ4v) is 1.94. The SMILES string of the molecule is Cc1n[nH]c(C)c1NC(=O)c1ccc(C(C)C)cc1. The summed E-state index contributed by atoms with van der Waals surface area (Å²) in [4.78, 5) is 12.1. The minimum Gasteiger partial charge on any atom is -0.319 e. The molecule has 0 atom stereocenters. The molecule has 0 bridgehead atoms. The lowest BCUT2D eigenvalue weighted by Gasteiger charge is -2.08. The van der Waals surface area contributed by atoms with Gasteiger partial charge in [0.15, 0.2) is 0 Å². The molecular formula is C15H19N3O. The van der Waals surface area contributed by atoms with E-state index in [1.54, 1.807) is 0 Å². The molecule has 1 amide bonds. The molecule has 0 aliphatic heterocycles. The Kier molecular flexibility index (Phi) is 3.69. The molecule has 2 N–H and O–H groups in total. The van der Waals surface area contributed by atoms with Crippen molar-refractivity contribution >= 4 is 11.6 Å². The summed E-state index contributed by atoms with van der Waals surface area (Å²) in [5, 5.41) is 9.80. The zero-order chi connectivity index (χ0) is 14.0. The van der Waals surface area contributed by atoms with Crippen LogP contribution >= 0.6 is 0 Å². The molecule has 0 saturated carbocycles. The molecule has 4 heteroatoms. The lowest BCUT2D eigenvalue weighted by Crippen LogP contribution is -2.13. The Bertz CT molecular complexity index is 562.